The molecule has 0 spiro atoms. The summed E-state index contributed by atoms with van der Waals surface area (Å²) in [5.74, 6) is -1.39. The number of aromatic hydroxyl groups is 1. The standard InChI is InChI=1S/C15H10BrClO4/c16-10-3-1-9(2-4-10)14(19)8-21-15(20)12-7-11(17)5-6-13(12)18/h1-7,18H,8H2. The van der Waals surface area contributed by atoms with Crippen molar-refractivity contribution in [1.82, 2.24) is 0 Å². The molecule has 0 saturated carbocycles. The highest BCUT2D eigenvalue weighted by Crippen LogP contribution is 2.22. The third-order valence-electron chi connectivity index (χ3n) is 2.68. The molecule has 0 bridgehead atoms. The van der Waals surface area contributed by atoms with Crippen LogP contribution in [0.15, 0.2) is 46.9 Å². The molecule has 2 aromatic rings. The van der Waals surface area contributed by atoms with Gasteiger partial charge in [-0.05, 0) is 30.3 Å². The number of carbonyl (C=O) groups excluding carboxylic acids is 2. The molecule has 0 heterocycles. The predicted octanol–water partition coefficient (Wildman–Crippen LogP) is 3.85. The molecule has 0 aliphatic carbocycles. The Labute approximate surface area is 134 Å². The van der Waals surface area contributed by atoms with Gasteiger partial charge in [-0.25, -0.2) is 4.79 Å². The topological polar surface area (TPSA) is 63.6 Å². The fourth-order valence-electron chi connectivity index (χ4n) is 1.60. The van der Waals surface area contributed by atoms with Crippen molar-refractivity contribution in [2.45, 2.75) is 0 Å². The third-order valence-corrected chi connectivity index (χ3v) is 3.44. The van der Waals surface area contributed by atoms with Gasteiger partial charge in [-0.1, -0.05) is 39.7 Å². The van der Waals surface area contributed by atoms with Gasteiger partial charge in [0.15, 0.2) is 12.4 Å². The van der Waals surface area contributed by atoms with Crippen LogP contribution >= 0.6 is 27.5 Å². The van der Waals surface area contributed by atoms with E-state index in [4.69, 9.17) is 16.3 Å². The third kappa shape index (κ3) is 4.06. The maximum atomic E-state index is 11.9. The smallest absolute Gasteiger partial charge is 0.342 e. The fraction of sp³-hybridized carbons (Fsp3) is 0.0667. The number of benzene rings is 2. The van der Waals surface area contributed by atoms with E-state index in [1.165, 1.54) is 18.2 Å². The molecule has 0 saturated heterocycles. The molecule has 6 heteroatoms. The van der Waals surface area contributed by atoms with E-state index in [-0.39, 0.29) is 17.1 Å². The number of rotatable bonds is 4. The van der Waals surface area contributed by atoms with Gasteiger partial charge in [0, 0.05) is 15.1 Å². The van der Waals surface area contributed by atoms with Crippen molar-refractivity contribution in [2.24, 2.45) is 0 Å². The van der Waals surface area contributed by atoms with Crippen molar-refractivity contribution in [3.05, 3.63) is 63.1 Å². The summed E-state index contributed by atoms with van der Waals surface area (Å²) >= 11 is 9.01. The molecule has 1 N–H and O–H groups in total. The van der Waals surface area contributed by atoms with Crippen LogP contribution in [0.25, 0.3) is 0 Å². The molecule has 21 heavy (non-hydrogen) atoms. The lowest BCUT2D eigenvalue weighted by Crippen LogP contribution is -2.14. The Kier molecular flexibility index (Phi) is 4.98. The summed E-state index contributed by atoms with van der Waals surface area (Å²) in [7, 11) is 0. The molecule has 0 unspecified atom stereocenters. The van der Waals surface area contributed by atoms with Crippen LogP contribution in [-0.2, 0) is 4.74 Å². The number of hydrogen-bond acceptors (Lipinski definition) is 4. The maximum Gasteiger partial charge on any atom is 0.342 e. The number of carbonyl (C=O) groups is 2. The number of ether oxygens (including phenoxy) is 1. The molecule has 0 aliphatic heterocycles. The minimum absolute atomic E-state index is 0.0777. The number of Topliss-reactive ketones (excluding diaryl/α,β-unsaturated/α-hetero) is 1. The van der Waals surface area contributed by atoms with Crippen LogP contribution in [0.5, 0.6) is 5.75 Å². The molecule has 0 fully saturated rings. The van der Waals surface area contributed by atoms with E-state index >= 15 is 0 Å². The Bertz CT molecular complexity index is 683. The molecule has 0 aliphatic rings. The van der Waals surface area contributed by atoms with Crippen LogP contribution in [0.1, 0.15) is 20.7 Å². The van der Waals surface area contributed by atoms with Crippen molar-refractivity contribution in [2.75, 3.05) is 6.61 Å². The molecule has 0 radical (unpaired) electrons. The molecule has 2 rings (SSSR count). The van der Waals surface area contributed by atoms with Crippen LogP contribution in [-0.4, -0.2) is 23.5 Å². The van der Waals surface area contributed by atoms with Gasteiger partial charge in [0.25, 0.3) is 0 Å². The van der Waals surface area contributed by atoms with Gasteiger partial charge < -0.3 is 9.84 Å². The van der Waals surface area contributed by atoms with Crippen molar-refractivity contribution in [3.63, 3.8) is 0 Å². The van der Waals surface area contributed by atoms with E-state index in [0.29, 0.717) is 10.6 Å². The first-order valence-corrected chi connectivity index (χ1v) is 7.09. The zero-order chi connectivity index (χ0) is 15.4. The van der Waals surface area contributed by atoms with E-state index in [0.717, 1.165) is 4.47 Å². The Morgan fingerprint density at radius 2 is 1.81 bits per heavy atom. The minimum atomic E-state index is -0.805. The zero-order valence-electron chi connectivity index (χ0n) is 10.7. The molecule has 4 nitrogen and oxygen atoms in total. The lowest BCUT2D eigenvalue weighted by molar-refractivity contribution is 0.0472. The number of esters is 1. The summed E-state index contributed by atoms with van der Waals surface area (Å²) in [6.45, 7) is -0.410. The van der Waals surface area contributed by atoms with Gasteiger partial charge >= 0.3 is 5.97 Å². The number of halogens is 2. The molecule has 2 aromatic carbocycles. The summed E-state index contributed by atoms with van der Waals surface area (Å²) < 4.78 is 5.74. The van der Waals surface area contributed by atoms with Crippen LogP contribution in [0, 0.1) is 0 Å². The van der Waals surface area contributed by atoms with Gasteiger partial charge in [0.2, 0.25) is 0 Å². The Morgan fingerprint density at radius 1 is 1.14 bits per heavy atom. The van der Waals surface area contributed by atoms with Crippen LogP contribution in [0.2, 0.25) is 5.02 Å². The largest absolute Gasteiger partial charge is 0.507 e. The van der Waals surface area contributed by atoms with E-state index in [2.05, 4.69) is 15.9 Å². The van der Waals surface area contributed by atoms with Gasteiger partial charge in [-0.15, -0.1) is 0 Å². The summed E-state index contributed by atoms with van der Waals surface area (Å²) in [4.78, 5) is 23.7. The summed E-state index contributed by atoms with van der Waals surface area (Å²) in [5, 5.41) is 9.86. The first kappa shape index (κ1) is 15.5. The van der Waals surface area contributed by atoms with Gasteiger partial charge in [-0.3, -0.25) is 4.79 Å². The van der Waals surface area contributed by atoms with E-state index in [1.807, 2.05) is 0 Å². The molecule has 0 atom stereocenters. The average molecular weight is 370 g/mol. The molecular formula is C15H10BrClO4. The Hall–Kier alpha value is -1.85. The predicted molar refractivity (Wildman–Crippen MR) is 81.9 cm³/mol. The minimum Gasteiger partial charge on any atom is -0.507 e. The van der Waals surface area contributed by atoms with Crippen LogP contribution < -0.4 is 0 Å². The fourth-order valence-corrected chi connectivity index (χ4v) is 2.04. The number of phenols is 1. The maximum absolute atomic E-state index is 11.9. The number of ketones is 1. The molecule has 0 aromatic heterocycles. The van der Waals surface area contributed by atoms with E-state index < -0.39 is 12.6 Å². The second kappa shape index (κ2) is 6.74. The first-order chi connectivity index (χ1) is 9.97. The first-order valence-electron chi connectivity index (χ1n) is 5.92. The van der Waals surface area contributed by atoms with Crippen LogP contribution in [0.3, 0.4) is 0 Å². The highest BCUT2D eigenvalue weighted by Gasteiger charge is 2.15. The van der Waals surface area contributed by atoms with Crippen molar-refractivity contribution >= 4 is 39.3 Å². The van der Waals surface area contributed by atoms with Crippen LogP contribution in [0.4, 0.5) is 0 Å². The zero-order valence-corrected chi connectivity index (χ0v) is 13.0. The SMILES string of the molecule is O=C(COC(=O)c1cc(Cl)ccc1O)c1ccc(Br)cc1. The summed E-state index contributed by atoms with van der Waals surface area (Å²) in [6, 6.07) is 10.7. The summed E-state index contributed by atoms with van der Waals surface area (Å²) in [6.07, 6.45) is 0. The van der Waals surface area contributed by atoms with Gasteiger partial charge in [0.1, 0.15) is 11.3 Å². The lowest BCUT2D eigenvalue weighted by Gasteiger charge is -2.06. The van der Waals surface area contributed by atoms with Gasteiger partial charge in [0.05, 0.1) is 0 Å². The quantitative estimate of drug-likeness (QED) is 0.657. The van der Waals surface area contributed by atoms with E-state index in [1.54, 1.807) is 24.3 Å². The average Bonchev–Trinajstić information content (AvgIpc) is 2.47. The number of phenolic OH excluding ortho intramolecular Hbond substituents is 1. The lowest BCUT2D eigenvalue weighted by atomic mass is 10.1. The van der Waals surface area contributed by atoms with Crippen molar-refractivity contribution in [3.8, 4) is 5.75 Å². The second-order valence-corrected chi connectivity index (χ2v) is 5.52. The van der Waals surface area contributed by atoms with Crippen molar-refractivity contribution in [1.29, 1.82) is 0 Å². The van der Waals surface area contributed by atoms with Crippen molar-refractivity contribution < 1.29 is 19.4 Å². The summed E-state index contributed by atoms with van der Waals surface area (Å²) in [5.41, 5.74) is 0.354. The Balaban J connectivity index is 2.02. The second-order valence-electron chi connectivity index (χ2n) is 4.17. The monoisotopic (exact) mass is 368 g/mol. The van der Waals surface area contributed by atoms with Gasteiger partial charge in [-0.2, -0.15) is 0 Å². The van der Waals surface area contributed by atoms with E-state index in [9.17, 15) is 14.7 Å². The molecule has 108 valence electrons. The Morgan fingerprint density at radius 3 is 2.48 bits per heavy atom. The highest BCUT2D eigenvalue weighted by molar-refractivity contribution is 9.10. The number of hydrogen-bond donors (Lipinski definition) is 1. The molecule has 0 amide bonds. The highest BCUT2D eigenvalue weighted by atomic mass is 79.9. The molecular weight excluding hydrogens is 360 g/mol. The normalized spacial score (nSPS) is 10.2.